The van der Waals surface area contributed by atoms with Crippen LogP contribution in [0.25, 0.3) is 0 Å². The average molecular weight is 275 g/mol. The predicted molar refractivity (Wildman–Crippen MR) is 73.6 cm³/mol. The number of nitro groups is 1. The number of carbonyl (C=O) groups excluding carboxylic acids is 2. The number of benzene rings is 1. The molecule has 0 radical (unpaired) electrons. The summed E-state index contributed by atoms with van der Waals surface area (Å²) in [5, 5.41) is 10.9. The second-order valence-corrected chi connectivity index (χ2v) is 5.02. The lowest BCUT2D eigenvalue weighted by Gasteiger charge is -2.21. The molecular formula is C13H14BNO5. The fourth-order valence-corrected chi connectivity index (χ4v) is 2.88. The van der Waals surface area contributed by atoms with Gasteiger partial charge >= 0.3 is 5.97 Å². The van der Waals surface area contributed by atoms with Gasteiger partial charge in [0.1, 0.15) is 7.85 Å². The summed E-state index contributed by atoms with van der Waals surface area (Å²) < 4.78 is 4.72. The Morgan fingerprint density at radius 2 is 2.15 bits per heavy atom. The molecule has 0 saturated carbocycles. The second-order valence-electron chi connectivity index (χ2n) is 5.02. The monoisotopic (exact) mass is 275 g/mol. The minimum atomic E-state index is -0.526. The molecule has 1 aromatic carbocycles. The van der Waals surface area contributed by atoms with Gasteiger partial charge in [0.15, 0.2) is 5.78 Å². The number of non-ortho nitro benzene ring substituents is 1. The Balaban J connectivity index is 2.52. The van der Waals surface area contributed by atoms with Crippen LogP contribution in [0.3, 0.4) is 0 Å². The third-order valence-electron chi connectivity index (χ3n) is 3.93. The molecule has 1 aliphatic carbocycles. The highest BCUT2D eigenvalue weighted by molar-refractivity contribution is 6.24. The highest BCUT2D eigenvalue weighted by Crippen LogP contribution is 2.45. The lowest BCUT2D eigenvalue weighted by Crippen LogP contribution is -2.22. The van der Waals surface area contributed by atoms with Crippen LogP contribution in [0.15, 0.2) is 18.2 Å². The van der Waals surface area contributed by atoms with Gasteiger partial charge in [0, 0.05) is 35.3 Å². The Bertz CT molecular complexity index is 600. The summed E-state index contributed by atoms with van der Waals surface area (Å²) in [6, 6.07) is 4.17. The van der Waals surface area contributed by atoms with Crippen LogP contribution >= 0.6 is 0 Å². The van der Waals surface area contributed by atoms with Gasteiger partial charge < -0.3 is 4.74 Å². The molecule has 0 aliphatic heterocycles. The first kappa shape index (κ1) is 14.2. The lowest BCUT2D eigenvalue weighted by molar-refractivity contribution is -0.384. The Morgan fingerprint density at radius 3 is 2.70 bits per heavy atom. The fourth-order valence-electron chi connectivity index (χ4n) is 2.88. The van der Waals surface area contributed by atoms with E-state index in [0.29, 0.717) is 11.1 Å². The maximum absolute atomic E-state index is 12.2. The molecule has 2 rings (SSSR count). The molecule has 0 amide bonds. The van der Waals surface area contributed by atoms with Crippen molar-refractivity contribution in [3.8, 4) is 0 Å². The maximum Gasteiger partial charge on any atom is 0.301 e. The van der Waals surface area contributed by atoms with E-state index in [2.05, 4.69) is 0 Å². The molecule has 0 aromatic heterocycles. The Kier molecular flexibility index (Phi) is 3.61. The summed E-state index contributed by atoms with van der Waals surface area (Å²) in [5.74, 6) is -1.81. The zero-order valence-corrected chi connectivity index (χ0v) is 11.5. The molecule has 0 saturated heterocycles. The fraction of sp³-hybridized carbons (Fsp3) is 0.385. The van der Waals surface area contributed by atoms with Gasteiger partial charge in [-0.05, 0) is 11.6 Å². The molecule has 20 heavy (non-hydrogen) atoms. The van der Waals surface area contributed by atoms with Gasteiger partial charge in [0.2, 0.25) is 0 Å². The third-order valence-corrected chi connectivity index (χ3v) is 3.93. The van der Waals surface area contributed by atoms with Gasteiger partial charge in [-0.15, -0.1) is 0 Å². The van der Waals surface area contributed by atoms with Crippen molar-refractivity contribution < 1.29 is 19.2 Å². The van der Waals surface area contributed by atoms with Crippen molar-refractivity contribution in [2.75, 3.05) is 7.11 Å². The SMILES string of the molecule is BC(C(=O)OC)C1c2cc([N+](=O)[O-])ccc2C(=O)C1C. The van der Waals surface area contributed by atoms with Crippen LogP contribution in [0.5, 0.6) is 0 Å². The number of fused-ring (bicyclic) bond motifs is 1. The number of Topliss-reactive ketones (excluding diaryl/α,β-unsaturated/α-hetero) is 1. The number of nitro benzene ring substituents is 1. The van der Waals surface area contributed by atoms with Gasteiger partial charge in [-0.25, -0.2) is 0 Å². The van der Waals surface area contributed by atoms with Crippen molar-refractivity contribution in [3.05, 3.63) is 39.4 Å². The summed E-state index contributed by atoms with van der Waals surface area (Å²) in [5.41, 5.74) is 0.950. The summed E-state index contributed by atoms with van der Waals surface area (Å²) in [6.07, 6.45) is 0. The zero-order chi connectivity index (χ0) is 15.0. The van der Waals surface area contributed by atoms with E-state index >= 15 is 0 Å². The third kappa shape index (κ3) is 2.09. The minimum absolute atomic E-state index is 0.0762. The Labute approximate surface area is 116 Å². The number of ketones is 1. The number of nitrogens with zero attached hydrogens (tertiary/aromatic N) is 1. The largest absolute Gasteiger partial charge is 0.469 e. The smallest absolute Gasteiger partial charge is 0.301 e. The minimum Gasteiger partial charge on any atom is -0.469 e. The average Bonchev–Trinajstić information content (AvgIpc) is 2.68. The van der Waals surface area contributed by atoms with Crippen molar-refractivity contribution in [1.29, 1.82) is 0 Å². The highest BCUT2D eigenvalue weighted by atomic mass is 16.6. The molecule has 1 aliphatic rings. The van der Waals surface area contributed by atoms with Crippen molar-refractivity contribution in [2.45, 2.75) is 18.7 Å². The van der Waals surface area contributed by atoms with Gasteiger partial charge in [0.05, 0.1) is 12.0 Å². The number of hydrogen-bond acceptors (Lipinski definition) is 5. The van der Waals surface area contributed by atoms with Gasteiger partial charge in [-0.1, -0.05) is 6.92 Å². The van der Waals surface area contributed by atoms with E-state index in [9.17, 15) is 19.7 Å². The number of carbonyl (C=O) groups is 2. The summed E-state index contributed by atoms with van der Waals surface area (Å²) in [6.45, 7) is 1.73. The Morgan fingerprint density at radius 1 is 1.50 bits per heavy atom. The number of methoxy groups -OCH3 is 1. The summed E-state index contributed by atoms with van der Waals surface area (Å²) in [4.78, 5) is 34.2. The summed E-state index contributed by atoms with van der Waals surface area (Å²) >= 11 is 0. The van der Waals surface area contributed by atoms with Crippen LogP contribution in [0.1, 0.15) is 28.8 Å². The van der Waals surface area contributed by atoms with Crippen LogP contribution in [0.4, 0.5) is 5.69 Å². The van der Waals surface area contributed by atoms with Gasteiger partial charge in [0.25, 0.3) is 5.69 Å². The van der Waals surface area contributed by atoms with Crippen LogP contribution in [0.2, 0.25) is 5.82 Å². The number of rotatable bonds is 3. The topological polar surface area (TPSA) is 86.5 Å². The molecule has 0 fully saturated rings. The van der Waals surface area contributed by atoms with E-state index in [4.69, 9.17) is 4.74 Å². The molecule has 0 bridgehead atoms. The molecule has 0 N–H and O–H groups in total. The molecule has 7 heteroatoms. The number of esters is 1. The van der Waals surface area contributed by atoms with E-state index in [1.54, 1.807) is 14.8 Å². The van der Waals surface area contributed by atoms with Crippen molar-refractivity contribution >= 4 is 25.3 Å². The zero-order valence-electron chi connectivity index (χ0n) is 11.5. The first-order chi connectivity index (χ1) is 9.38. The van der Waals surface area contributed by atoms with Gasteiger partial charge in [-0.2, -0.15) is 0 Å². The molecule has 1 aromatic rings. The Hall–Kier alpha value is -2.18. The van der Waals surface area contributed by atoms with E-state index in [0.717, 1.165) is 0 Å². The second kappa shape index (κ2) is 5.07. The molecule has 0 spiro atoms. The van der Waals surface area contributed by atoms with Gasteiger partial charge in [-0.3, -0.25) is 19.7 Å². The van der Waals surface area contributed by atoms with Crippen molar-refractivity contribution in [1.82, 2.24) is 0 Å². The highest BCUT2D eigenvalue weighted by Gasteiger charge is 2.42. The predicted octanol–water partition coefficient (Wildman–Crippen LogP) is 1.11. The van der Waals surface area contributed by atoms with Crippen molar-refractivity contribution in [3.63, 3.8) is 0 Å². The molecular weight excluding hydrogens is 261 g/mol. The van der Waals surface area contributed by atoms with E-state index in [-0.39, 0.29) is 23.3 Å². The molecule has 3 unspecified atom stereocenters. The molecule has 0 heterocycles. The number of ether oxygens (including phenoxy) is 1. The van der Waals surface area contributed by atoms with Crippen LogP contribution in [-0.2, 0) is 9.53 Å². The van der Waals surface area contributed by atoms with E-state index in [1.807, 2.05) is 0 Å². The lowest BCUT2D eigenvalue weighted by atomic mass is 9.70. The maximum atomic E-state index is 12.2. The van der Waals surface area contributed by atoms with Crippen LogP contribution in [0, 0.1) is 16.0 Å². The first-order valence-electron chi connectivity index (χ1n) is 6.28. The molecule has 3 atom stereocenters. The standard InChI is InChI=1S/C13H14BNO5/c1-6-10(11(14)13(17)20-2)9-5-7(15(18)19)3-4-8(9)12(6)16/h3-6,10-11H,14H2,1-2H3. The quantitative estimate of drug-likeness (QED) is 0.357. The first-order valence-corrected chi connectivity index (χ1v) is 6.28. The van der Waals surface area contributed by atoms with E-state index < -0.39 is 16.7 Å². The van der Waals surface area contributed by atoms with E-state index in [1.165, 1.54) is 25.3 Å². The summed E-state index contributed by atoms with van der Waals surface area (Å²) in [7, 11) is 2.96. The van der Waals surface area contributed by atoms with Crippen LogP contribution < -0.4 is 0 Å². The number of hydrogen-bond donors (Lipinski definition) is 0. The molecule has 6 nitrogen and oxygen atoms in total. The normalized spacial score (nSPS) is 22.2. The van der Waals surface area contributed by atoms with Crippen LogP contribution in [-0.4, -0.2) is 31.6 Å². The molecule has 104 valence electrons. The van der Waals surface area contributed by atoms with Crippen molar-refractivity contribution in [2.24, 2.45) is 5.92 Å².